The quantitative estimate of drug-likeness (QED) is 0.758. The van der Waals surface area contributed by atoms with Crippen molar-refractivity contribution in [3.63, 3.8) is 0 Å². The van der Waals surface area contributed by atoms with E-state index in [2.05, 4.69) is 9.97 Å². The fourth-order valence-electron chi connectivity index (χ4n) is 0.571. The zero-order chi connectivity index (χ0) is 8.23. The summed E-state index contributed by atoms with van der Waals surface area (Å²) in [6.07, 6.45) is 0. The molecule has 2 nitrogen and oxygen atoms in total. The Hall–Kier alpha value is -0.0400. The Labute approximate surface area is 85.9 Å². The minimum absolute atomic E-state index is 1.05. The Morgan fingerprint density at radius 1 is 0.917 bits per heavy atom. The van der Waals surface area contributed by atoms with E-state index in [4.69, 9.17) is 0 Å². The molecule has 0 spiro atoms. The van der Waals surface area contributed by atoms with Crippen molar-refractivity contribution >= 4 is 44.3 Å². The van der Waals surface area contributed by atoms with E-state index in [1.807, 2.05) is 21.8 Å². The minimum atomic E-state index is 1.05. The Bertz CT molecular complexity index is 281. The molecule has 0 unspecified atom stereocenters. The van der Waals surface area contributed by atoms with Gasteiger partial charge in [-0.25, -0.2) is 9.97 Å². The number of thiazole rings is 2. The van der Waals surface area contributed by atoms with Gasteiger partial charge >= 0.3 is 0 Å². The fourth-order valence-corrected chi connectivity index (χ4v) is 4.02. The molecule has 0 amide bonds. The Morgan fingerprint density at radius 3 is 1.75 bits per heavy atom. The van der Waals surface area contributed by atoms with Crippen LogP contribution in [0.15, 0.2) is 31.8 Å². The summed E-state index contributed by atoms with van der Waals surface area (Å²) in [6.45, 7) is 0. The molecule has 0 saturated heterocycles. The zero-order valence-corrected chi connectivity index (χ0v) is 9.10. The van der Waals surface area contributed by atoms with E-state index < -0.39 is 0 Å². The third kappa shape index (κ3) is 2.22. The Morgan fingerprint density at radius 2 is 1.42 bits per heavy atom. The van der Waals surface area contributed by atoms with Crippen LogP contribution in [-0.2, 0) is 0 Å². The lowest BCUT2D eigenvalue weighted by Gasteiger charge is -1.90. The maximum absolute atomic E-state index is 4.15. The first-order valence-corrected chi connectivity index (χ1v) is 7.09. The van der Waals surface area contributed by atoms with Crippen molar-refractivity contribution in [2.75, 3.05) is 0 Å². The van der Waals surface area contributed by atoms with Crippen LogP contribution >= 0.6 is 44.3 Å². The SMILES string of the molecule is c1nc(SSc2cscn2)cs1. The van der Waals surface area contributed by atoms with Crippen LogP contribution in [0, 0.1) is 0 Å². The molecule has 0 aromatic carbocycles. The highest BCUT2D eigenvalue weighted by Gasteiger charge is 1.99. The van der Waals surface area contributed by atoms with Crippen LogP contribution < -0.4 is 0 Å². The average molecular weight is 232 g/mol. The van der Waals surface area contributed by atoms with Crippen LogP contribution in [-0.4, -0.2) is 9.97 Å². The second-order valence-electron chi connectivity index (χ2n) is 1.82. The normalized spacial score (nSPS) is 10.3. The van der Waals surface area contributed by atoms with Crippen LogP contribution in [0.1, 0.15) is 0 Å². The van der Waals surface area contributed by atoms with E-state index in [0.29, 0.717) is 0 Å². The predicted molar refractivity (Wildman–Crippen MR) is 55.9 cm³/mol. The van der Waals surface area contributed by atoms with Crippen LogP contribution in [0.3, 0.4) is 0 Å². The van der Waals surface area contributed by atoms with Gasteiger partial charge in [-0.15, -0.1) is 22.7 Å². The van der Waals surface area contributed by atoms with Crippen molar-refractivity contribution in [1.29, 1.82) is 0 Å². The van der Waals surface area contributed by atoms with Gasteiger partial charge in [0.2, 0.25) is 0 Å². The van der Waals surface area contributed by atoms with Gasteiger partial charge in [-0.2, -0.15) is 0 Å². The van der Waals surface area contributed by atoms with Crippen molar-refractivity contribution < 1.29 is 0 Å². The van der Waals surface area contributed by atoms with Gasteiger partial charge in [0.25, 0.3) is 0 Å². The topological polar surface area (TPSA) is 25.8 Å². The van der Waals surface area contributed by atoms with Gasteiger partial charge < -0.3 is 0 Å². The van der Waals surface area contributed by atoms with Gasteiger partial charge in [-0.1, -0.05) is 0 Å². The maximum Gasteiger partial charge on any atom is 0.118 e. The van der Waals surface area contributed by atoms with E-state index in [9.17, 15) is 0 Å². The zero-order valence-electron chi connectivity index (χ0n) is 5.84. The summed E-state index contributed by atoms with van der Waals surface area (Å²) >= 11 is 3.23. The van der Waals surface area contributed by atoms with Crippen LogP contribution in [0.5, 0.6) is 0 Å². The summed E-state index contributed by atoms with van der Waals surface area (Å²) in [6, 6.07) is 0. The Kier molecular flexibility index (Phi) is 3.04. The summed E-state index contributed by atoms with van der Waals surface area (Å²) in [5.74, 6) is 0. The molecule has 0 fully saturated rings. The molecule has 0 saturated carbocycles. The van der Waals surface area contributed by atoms with Crippen LogP contribution in [0.25, 0.3) is 0 Å². The molecule has 0 N–H and O–H groups in total. The molecule has 0 atom stereocenters. The molecule has 62 valence electrons. The fraction of sp³-hybridized carbons (Fsp3) is 0. The molecule has 0 radical (unpaired) electrons. The van der Waals surface area contributed by atoms with Crippen molar-refractivity contribution in [2.45, 2.75) is 10.1 Å². The van der Waals surface area contributed by atoms with Crippen molar-refractivity contribution in [1.82, 2.24) is 9.97 Å². The molecule has 2 aromatic heterocycles. The molecule has 12 heavy (non-hydrogen) atoms. The van der Waals surface area contributed by atoms with Gasteiger partial charge in [0, 0.05) is 10.8 Å². The highest BCUT2D eigenvalue weighted by Crippen LogP contribution is 2.36. The van der Waals surface area contributed by atoms with Gasteiger partial charge in [0.05, 0.1) is 11.0 Å². The standard InChI is InChI=1S/C6H4N2S4/c1-5(7-3-9-1)11-12-6-2-10-4-8-6/h1-4H. The molecule has 0 bridgehead atoms. The highest BCUT2D eigenvalue weighted by atomic mass is 33.1. The van der Waals surface area contributed by atoms with E-state index in [1.165, 1.54) is 0 Å². The predicted octanol–water partition coefficient (Wildman–Crippen LogP) is 3.40. The first-order chi connectivity index (χ1) is 5.95. The van der Waals surface area contributed by atoms with Gasteiger partial charge in [-0.05, 0) is 21.6 Å². The number of hydrogen-bond acceptors (Lipinski definition) is 6. The molecule has 2 rings (SSSR count). The molecule has 2 aromatic rings. The summed E-state index contributed by atoms with van der Waals surface area (Å²) < 4.78 is 0. The molecule has 0 aliphatic heterocycles. The third-order valence-electron chi connectivity index (χ3n) is 1.03. The van der Waals surface area contributed by atoms with E-state index in [-0.39, 0.29) is 0 Å². The molecule has 6 heteroatoms. The summed E-state index contributed by atoms with van der Waals surface area (Å²) in [5, 5.41) is 6.17. The largest absolute Gasteiger partial charge is 0.238 e. The van der Waals surface area contributed by atoms with E-state index in [0.717, 1.165) is 10.1 Å². The second-order valence-corrected chi connectivity index (χ2v) is 5.43. The highest BCUT2D eigenvalue weighted by molar-refractivity contribution is 8.76. The van der Waals surface area contributed by atoms with E-state index in [1.54, 1.807) is 44.3 Å². The van der Waals surface area contributed by atoms with Gasteiger partial charge in [-0.3, -0.25) is 0 Å². The van der Waals surface area contributed by atoms with Gasteiger partial charge in [0.1, 0.15) is 10.1 Å². The minimum Gasteiger partial charge on any atom is -0.238 e. The second kappa shape index (κ2) is 4.27. The third-order valence-corrected chi connectivity index (χ3v) is 4.65. The number of hydrogen-bond donors (Lipinski definition) is 0. The summed E-state index contributed by atoms with van der Waals surface area (Å²) in [4.78, 5) is 8.30. The maximum atomic E-state index is 4.15. The Balaban J connectivity index is 1.91. The molecule has 0 aliphatic carbocycles. The molecule has 2 heterocycles. The lowest BCUT2D eigenvalue weighted by atomic mass is 11.0. The first kappa shape index (κ1) is 8.55. The lowest BCUT2D eigenvalue weighted by Crippen LogP contribution is -1.65. The van der Waals surface area contributed by atoms with E-state index >= 15 is 0 Å². The van der Waals surface area contributed by atoms with Crippen molar-refractivity contribution in [3.8, 4) is 0 Å². The van der Waals surface area contributed by atoms with Crippen LogP contribution in [0.4, 0.5) is 0 Å². The van der Waals surface area contributed by atoms with Crippen molar-refractivity contribution in [3.05, 3.63) is 21.8 Å². The summed E-state index contributed by atoms with van der Waals surface area (Å²) in [5.41, 5.74) is 3.67. The van der Waals surface area contributed by atoms with Crippen molar-refractivity contribution in [2.24, 2.45) is 0 Å². The van der Waals surface area contributed by atoms with Crippen LogP contribution in [0.2, 0.25) is 0 Å². The lowest BCUT2D eigenvalue weighted by molar-refractivity contribution is 1.21. The number of aromatic nitrogens is 2. The molecule has 0 aliphatic rings. The monoisotopic (exact) mass is 232 g/mol. The summed E-state index contributed by atoms with van der Waals surface area (Å²) in [7, 11) is 3.29. The first-order valence-electron chi connectivity index (χ1n) is 3.06. The molecular formula is C6H4N2S4. The number of nitrogens with zero attached hydrogens (tertiary/aromatic N) is 2. The molecular weight excluding hydrogens is 228 g/mol. The average Bonchev–Trinajstić information content (AvgIpc) is 2.74. The number of rotatable bonds is 3. The van der Waals surface area contributed by atoms with Gasteiger partial charge in [0.15, 0.2) is 0 Å². The smallest absolute Gasteiger partial charge is 0.118 e.